The van der Waals surface area contributed by atoms with Gasteiger partial charge in [-0.3, -0.25) is 14.5 Å². The van der Waals surface area contributed by atoms with Crippen LogP contribution in [0.15, 0.2) is 78.4 Å². The fraction of sp³-hybridized carbons (Fsp3) is 0.405. The topological polar surface area (TPSA) is 88.5 Å². The van der Waals surface area contributed by atoms with Crippen LogP contribution < -0.4 is 9.47 Å². The lowest BCUT2D eigenvalue weighted by atomic mass is 9.95. The molecule has 0 radical (unpaired) electrons. The van der Waals surface area contributed by atoms with Gasteiger partial charge in [-0.2, -0.15) is 0 Å². The Balaban J connectivity index is 1.37. The van der Waals surface area contributed by atoms with Crippen LogP contribution in [0.4, 0.5) is 0 Å². The molecule has 1 unspecified atom stereocenters. The molecule has 0 saturated carbocycles. The van der Waals surface area contributed by atoms with Crippen LogP contribution in [-0.4, -0.2) is 72.6 Å². The second kappa shape index (κ2) is 15.7. The minimum atomic E-state index is -0.707. The van der Waals surface area contributed by atoms with E-state index in [4.69, 9.17) is 14.2 Å². The summed E-state index contributed by atoms with van der Waals surface area (Å²) >= 11 is 0. The molecule has 2 heterocycles. The molecule has 238 valence electrons. The summed E-state index contributed by atoms with van der Waals surface area (Å²) in [7, 11) is 0. The molecule has 0 aromatic heterocycles. The highest BCUT2D eigenvalue weighted by molar-refractivity contribution is 6.46. The molecular formula is C37H44N2O6. The molecule has 2 aliphatic rings. The monoisotopic (exact) mass is 612 g/mol. The molecule has 1 amide bonds. The third-order valence-electron chi connectivity index (χ3n) is 8.35. The Bertz CT molecular complexity index is 1460. The molecule has 0 bridgehead atoms. The van der Waals surface area contributed by atoms with Gasteiger partial charge in [0.25, 0.3) is 11.7 Å². The molecule has 1 N–H and O–H groups in total. The van der Waals surface area contributed by atoms with E-state index >= 15 is 0 Å². The smallest absolute Gasteiger partial charge is 0.295 e. The van der Waals surface area contributed by atoms with Crippen molar-refractivity contribution in [1.82, 2.24) is 9.80 Å². The van der Waals surface area contributed by atoms with Crippen LogP contribution in [-0.2, 0) is 20.9 Å². The van der Waals surface area contributed by atoms with E-state index in [-0.39, 0.29) is 11.3 Å². The molecule has 0 aliphatic carbocycles. The first-order chi connectivity index (χ1) is 21.9. The SMILES string of the molecule is CCCCCOc1ccc(C2C(=C(O)c3ccc(OCc4cccc(C)c4)cc3)C(=O)C(=O)N2CCCN2CCOCC2)cc1. The van der Waals surface area contributed by atoms with Crippen LogP contribution in [0.3, 0.4) is 0 Å². The molecule has 2 saturated heterocycles. The van der Waals surface area contributed by atoms with Crippen molar-refractivity contribution >= 4 is 17.4 Å². The average Bonchev–Trinajstić information content (AvgIpc) is 3.31. The van der Waals surface area contributed by atoms with Crippen molar-refractivity contribution in [2.45, 2.75) is 52.2 Å². The number of unbranched alkanes of at least 4 members (excludes halogenated alkanes) is 2. The van der Waals surface area contributed by atoms with Gasteiger partial charge in [-0.05, 0) is 67.3 Å². The molecule has 2 fully saturated rings. The zero-order valence-electron chi connectivity index (χ0n) is 26.4. The van der Waals surface area contributed by atoms with Gasteiger partial charge in [-0.15, -0.1) is 0 Å². The third-order valence-corrected chi connectivity index (χ3v) is 8.35. The maximum atomic E-state index is 13.5. The van der Waals surface area contributed by atoms with Crippen LogP contribution in [0, 0.1) is 6.92 Å². The summed E-state index contributed by atoms with van der Waals surface area (Å²) in [6.45, 7) is 9.55. The number of aliphatic hydroxyl groups excluding tert-OH is 1. The highest BCUT2D eigenvalue weighted by Crippen LogP contribution is 2.40. The summed E-state index contributed by atoms with van der Waals surface area (Å²) in [5.74, 6) is -0.0905. The van der Waals surface area contributed by atoms with Gasteiger partial charge < -0.3 is 24.2 Å². The number of Topliss-reactive ketones (excluding diaryl/α,β-unsaturated/α-hetero) is 1. The van der Waals surface area contributed by atoms with Crippen LogP contribution in [0.5, 0.6) is 11.5 Å². The summed E-state index contributed by atoms with van der Waals surface area (Å²) in [6.07, 6.45) is 3.92. The maximum Gasteiger partial charge on any atom is 0.295 e. The molecule has 3 aromatic carbocycles. The van der Waals surface area contributed by atoms with Crippen molar-refractivity contribution in [2.24, 2.45) is 0 Å². The number of aryl methyl sites for hydroxylation is 1. The second-order valence-electron chi connectivity index (χ2n) is 11.7. The minimum Gasteiger partial charge on any atom is -0.507 e. The van der Waals surface area contributed by atoms with Crippen molar-refractivity contribution in [2.75, 3.05) is 46.0 Å². The standard InChI is InChI=1S/C37H44N2O6/c1-3-4-5-22-44-31-14-10-29(11-15-31)34-33(36(41)37(42)39(34)19-7-18-38-20-23-43-24-21-38)35(40)30-12-16-32(17-13-30)45-26-28-9-6-8-27(2)25-28/h6,8-17,25,34,40H,3-5,7,18-24,26H2,1-2H3. The van der Waals surface area contributed by atoms with Crippen molar-refractivity contribution in [3.05, 3.63) is 101 Å². The van der Waals surface area contributed by atoms with Gasteiger partial charge >= 0.3 is 0 Å². The Hall–Kier alpha value is -4.14. The fourth-order valence-corrected chi connectivity index (χ4v) is 5.87. The summed E-state index contributed by atoms with van der Waals surface area (Å²) in [6, 6.07) is 21.9. The average molecular weight is 613 g/mol. The zero-order valence-corrected chi connectivity index (χ0v) is 26.4. The predicted octanol–water partition coefficient (Wildman–Crippen LogP) is 6.29. The van der Waals surface area contributed by atoms with E-state index < -0.39 is 17.7 Å². The predicted molar refractivity (Wildman–Crippen MR) is 174 cm³/mol. The zero-order chi connectivity index (χ0) is 31.6. The molecule has 3 aromatic rings. The number of carbonyl (C=O) groups excluding carboxylic acids is 2. The van der Waals surface area contributed by atoms with E-state index in [1.165, 1.54) is 0 Å². The number of morpholine rings is 1. The van der Waals surface area contributed by atoms with E-state index in [0.717, 1.165) is 61.3 Å². The number of ketones is 1. The van der Waals surface area contributed by atoms with Gasteiger partial charge in [-0.1, -0.05) is 61.7 Å². The summed E-state index contributed by atoms with van der Waals surface area (Å²) in [5.41, 5.74) is 3.52. The first kappa shape index (κ1) is 32.3. The fourth-order valence-electron chi connectivity index (χ4n) is 5.87. The van der Waals surface area contributed by atoms with E-state index in [1.807, 2.05) is 49.4 Å². The molecule has 1 atom stereocenters. The highest BCUT2D eigenvalue weighted by atomic mass is 16.5. The van der Waals surface area contributed by atoms with Crippen molar-refractivity contribution in [1.29, 1.82) is 0 Å². The van der Waals surface area contributed by atoms with Gasteiger partial charge in [0.2, 0.25) is 0 Å². The van der Waals surface area contributed by atoms with E-state index in [0.29, 0.717) is 50.7 Å². The molecule has 8 heteroatoms. The normalized spacial score (nSPS) is 18.4. The Kier molecular flexibility index (Phi) is 11.3. The summed E-state index contributed by atoms with van der Waals surface area (Å²) < 4.78 is 17.3. The van der Waals surface area contributed by atoms with Crippen LogP contribution in [0.25, 0.3) is 5.76 Å². The van der Waals surface area contributed by atoms with Gasteiger partial charge in [-0.25, -0.2) is 0 Å². The van der Waals surface area contributed by atoms with Crippen molar-refractivity contribution in [3.8, 4) is 11.5 Å². The Morgan fingerprint density at radius 2 is 1.60 bits per heavy atom. The van der Waals surface area contributed by atoms with Gasteiger partial charge in [0, 0.05) is 31.7 Å². The minimum absolute atomic E-state index is 0.0939. The number of carbonyl (C=O) groups is 2. The van der Waals surface area contributed by atoms with E-state index in [2.05, 4.69) is 17.9 Å². The number of likely N-dealkylation sites (tertiary alicyclic amines) is 1. The lowest BCUT2D eigenvalue weighted by molar-refractivity contribution is -0.140. The molecule has 0 spiro atoms. The molecule has 2 aliphatic heterocycles. The van der Waals surface area contributed by atoms with Crippen LogP contribution in [0.1, 0.15) is 60.9 Å². The van der Waals surface area contributed by atoms with Crippen LogP contribution >= 0.6 is 0 Å². The number of amides is 1. The number of rotatable bonds is 14. The lowest BCUT2D eigenvalue weighted by Gasteiger charge is -2.29. The van der Waals surface area contributed by atoms with Gasteiger partial charge in [0.15, 0.2) is 0 Å². The second-order valence-corrected chi connectivity index (χ2v) is 11.7. The van der Waals surface area contributed by atoms with Crippen LogP contribution in [0.2, 0.25) is 0 Å². The molecular weight excluding hydrogens is 568 g/mol. The largest absolute Gasteiger partial charge is 0.507 e. The molecule has 45 heavy (non-hydrogen) atoms. The Morgan fingerprint density at radius 3 is 2.31 bits per heavy atom. The lowest BCUT2D eigenvalue weighted by Crippen LogP contribution is -2.38. The Labute approximate surface area is 266 Å². The van der Waals surface area contributed by atoms with Crippen molar-refractivity contribution < 1.29 is 28.9 Å². The number of nitrogens with zero attached hydrogens (tertiary/aromatic N) is 2. The number of benzene rings is 3. The van der Waals surface area contributed by atoms with Crippen molar-refractivity contribution in [3.63, 3.8) is 0 Å². The summed E-state index contributed by atoms with van der Waals surface area (Å²) in [4.78, 5) is 30.9. The number of hydrogen-bond acceptors (Lipinski definition) is 7. The number of hydrogen-bond donors (Lipinski definition) is 1. The molecule has 5 rings (SSSR count). The first-order valence-corrected chi connectivity index (χ1v) is 16.0. The Morgan fingerprint density at radius 1 is 0.889 bits per heavy atom. The van der Waals surface area contributed by atoms with E-state index in [9.17, 15) is 14.7 Å². The highest BCUT2D eigenvalue weighted by Gasteiger charge is 2.45. The quantitative estimate of drug-likeness (QED) is 0.0991. The maximum absolute atomic E-state index is 13.5. The van der Waals surface area contributed by atoms with Gasteiger partial charge in [0.05, 0.1) is 31.4 Å². The number of ether oxygens (including phenoxy) is 3. The summed E-state index contributed by atoms with van der Waals surface area (Å²) in [5, 5.41) is 11.5. The molecule has 8 nitrogen and oxygen atoms in total. The van der Waals surface area contributed by atoms with Gasteiger partial charge in [0.1, 0.15) is 23.9 Å². The third kappa shape index (κ3) is 8.32. The van der Waals surface area contributed by atoms with E-state index in [1.54, 1.807) is 29.2 Å². The first-order valence-electron chi connectivity index (χ1n) is 16.0. The number of aliphatic hydroxyl groups is 1.